The molecule has 1 atom stereocenters. The molecule has 0 aliphatic carbocycles. The monoisotopic (exact) mass is 139 g/mol. The van der Waals surface area contributed by atoms with Gasteiger partial charge in [0, 0.05) is 0 Å². The van der Waals surface area contributed by atoms with Gasteiger partial charge in [-0.25, -0.2) is 0 Å². The molecule has 0 aromatic carbocycles. The summed E-state index contributed by atoms with van der Waals surface area (Å²) < 4.78 is 0. The van der Waals surface area contributed by atoms with Gasteiger partial charge in [-0.1, -0.05) is 21.6 Å². The lowest BCUT2D eigenvalue weighted by Crippen LogP contribution is -2.18. The molecule has 0 rings (SSSR count). The van der Waals surface area contributed by atoms with Crippen molar-refractivity contribution in [3.63, 3.8) is 0 Å². The summed E-state index contributed by atoms with van der Waals surface area (Å²) in [7, 11) is 3.04. The molecular formula is C3H9NOS2. The minimum atomic E-state index is -0.116. The van der Waals surface area contributed by atoms with Crippen LogP contribution in [-0.2, 0) is 0 Å². The van der Waals surface area contributed by atoms with Gasteiger partial charge in [0.05, 0.1) is 12.0 Å². The SMILES string of the molecule is CSSC(N)CO. The highest BCUT2D eigenvalue weighted by Crippen LogP contribution is 2.18. The summed E-state index contributed by atoms with van der Waals surface area (Å²) in [6, 6.07) is 0. The molecule has 0 aromatic heterocycles. The van der Waals surface area contributed by atoms with Crippen LogP contribution in [0.1, 0.15) is 0 Å². The molecule has 3 N–H and O–H groups in total. The van der Waals surface area contributed by atoms with Gasteiger partial charge in [-0.15, -0.1) is 0 Å². The van der Waals surface area contributed by atoms with Gasteiger partial charge >= 0.3 is 0 Å². The summed E-state index contributed by atoms with van der Waals surface area (Å²) in [6.07, 6.45) is 1.93. The summed E-state index contributed by atoms with van der Waals surface area (Å²) in [6.45, 7) is 0.0610. The largest absolute Gasteiger partial charge is 0.394 e. The fourth-order valence-corrected chi connectivity index (χ4v) is 1.39. The third-order valence-electron chi connectivity index (χ3n) is 0.400. The van der Waals surface area contributed by atoms with E-state index in [1.165, 1.54) is 10.8 Å². The molecule has 0 aliphatic heterocycles. The topological polar surface area (TPSA) is 46.2 Å². The number of hydrogen-bond acceptors (Lipinski definition) is 4. The Morgan fingerprint density at radius 3 is 2.57 bits per heavy atom. The van der Waals surface area contributed by atoms with E-state index in [-0.39, 0.29) is 12.0 Å². The van der Waals surface area contributed by atoms with Crippen LogP contribution in [-0.4, -0.2) is 23.3 Å². The Morgan fingerprint density at radius 2 is 2.43 bits per heavy atom. The van der Waals surface area contributed by atoms with Crippen molar-refractivity contribution in [2.24, 2.45) is 5.73 Å². The first-order valence-electron chi connectivity index (χ1n) is 1.87. The fourth-order valence-electron chi connectivity index (χ4n) is 0.154. The minimum Gasteiger partial charge on any atom is -0.394 e. The Hall–Kier alpha value is 0.620. The molecule has 1 unspecified atom stereocenters. The van der Waals surface area contributed by atoms with E-state index in [1.54, 1.807) is 10.8 Å². The van der Waals surface area contributed by atoms with E-state index in [4.69, 9.17) is 10.8 Å². The molecule has 0 saturated heterocycles. The van der Waals surface area contributed by atoms with E-state index in [9.17, 15) is 0 Å². The number of rotatable bonds is 3. The molecule has 44 valence electrons. The second kappa shape index (κ2) is 4.77. The van der Waals surface area contributed by atoms with Crippen LogP contribution in [0.5, 0.6) is 0 Å². The summed E-state index contributed by atoms with van der Waals surface area (Å²) in [5.41, 5.74) is 5.28. The number of aliphatic hydroxyl groups is 1. The van der Waals surface area contributed by atoms with E-state index in [2.05, 4.69) is 0 Å². The summed E-state index contributed by atoms with van der Waals surface area (Å²) in [5.74, 6) is 0. The average molecular weight is 139 g/mol. The minimum absolute atomic E-state index is 0.0610. The molecule has 2 nitrogen and oxygen atoms in total. The molecule has 0 aliphatic rings. The van der Waals surface area contributed by atoms with Crippen molar-refractivity contribution in [3.05, 3.63) is 0 Å². The lowest BCUT2D eigenvalue weighted by molar-refractivity contribution is 0.297. The average Bonchev–Trinajstić information content (AvgIpc) is 1.68. The molecular weight excluding hydrogens is 130 g/mol. The van der Waals surface area contributed by atoms with Crippen molar-refractivity contribution < 1.29 is 5.11 Å². The Labute approximate surface area is 51.2 Å². The lowest BCUT2D eigenvalue weighted by Gasteiger charge is -2.01. The molecule has 4 heteroatoms. The standard InChI is InChI=1S/C3H9NOS2/c1-6-7-3(4)2-5/h3,5H,2,4H2,1H3. The number of aliphatic hydroxyl groups excluding tert-OH is 1. The molecule has 0 radical (unpaired) electrons. The maximum absolute atomic E-state index is 8.31. The summed E-state index contributed by atoms with van der Waals surface area (Å²) >= 11 is 0. The normalized spacial score (nSPS) is 14.1. The van der Waals surface area contributed by atoms with Crippen LogP contribution < -0.4 is 5.73 Å². The predicted octanol–water partition coefficient (Wildman–Crippen LogP) is 0.275. The van der Waals surface area contributed by atoms with Crippen LogP contribution in [0.4, 0.5) is 0 Å². The van der Waals surface area contributed by atoms with Gasteiger partial charge in [0.15, 0.2) is 0 Å². The third-order valence-corrected chi connectivity index (χ3v) is 2.31. The number of hydrogen-bond donors (Lipinski definition) is 2. The van der Waals surface area contributed by atoms with E-state index in [1.807, 2.05) is 6.26 Å². The lowest BCUT2D eigenvalue weighted by atomic mass is 10.7. The molecule has 7 heavy (non-hydrogen) atoms. The molecule has 0 amide bonds. The summed E-state index contributed by atoms with van der Waals surface area (Å²) in [5, 5.41) is 8.19. The van der Waals surface area contributed by atoms with Crippen LogP contribution in [0.3, 0.4) is 0 Å². The molecule has 0 fully saturated rings. The smallest absolute Gasteiger partial charge is 0.0846 e. The molecule has 0 heterocycles. The maximum atomic E-state index is 8.31. The molecule has 0 saturated carbocycles. The zero-order valence-corrected chi connectivity index (χ0v) is 5.76. The van der Waals surface area contributed by atoms with Crippen molar-refractivity contribution in [2.75, 3.05) is 12.9 Å². The van der Waals surface area contributed by atoms with Crippen LogP contribution in [0, 0.1) is 0 Å². The highest BCUT2D eigenvalue weighted by Gasteiger charge is 1.95. The van der Waals surface area contributed by atoms with Gasteiger partial charge in [-0.2, -0.15) is 0 Å². The Bertz CT molecular complexity index is 43.9. The summed E-state index contributed by atoms with van der Waals surface area (Å²) in [4.78, 5) is 0. The van der Waals surface area contributed by atoms with Crippen LogP contribution >= 0.6 is 21.6 Å². The van der Waals surface area contributed by atoms with Crippen LogP contribution in [0.15, 0.2) is 0 Å². The first-order chi connectivity index (χ1) is 3.31. The molecule has 0 aromatic rings. The Balaban J connectivity index is 2.83. The van der Waals surface area contributed by atoms with Crippen molar-refractivity contribution in [2.45, 2.75) is 5.37 Å². The maximum Gasteiger partial charge on any atom is 0.0846 e. The van der Waals surface area contributed by atoms with Crippen LogP contribution in [0.2, 0.25) is 0 Å². The Kier molecular flexibility index (Phi) is 5.19. The van der Waals surface area contributed by atoms with E-state index < -0.39 is 0 Å². The predicted molar refractivity (Wildman–Crippen MR) is 36.2 cm³/mol. The zero-order valence-electron chi connectivity index (χ0n) is 4.13. The van der Waals surface area contributed by atoms with Gasteiger partial charge in [0.25, 0.3) is 0 Å². The molecule has 0 spiro atoms. The van der Waals surface area contributed by atoms with Crippen molar-refractivity contribution in [1.29, 1.82) is 0 Å². The molecule has 0 bridgehead atoms. The zero-order chi connectivity index (χ0) is 5.70. The van der Waals surface area contributed by atoms with E-state index >= 15 is 0 Å². The van der Waals surface area contributed by atoms with Crippen molar-refractivity contribution in [3.8, 4) is 0 Å². The van der Waals surface area contributed by atoms with Gasteiger partial charge < -0.3 is 10.8 Å². The quantitative estimate of drug-likeness (QED) is 0.435. The second-order valence-corrected chi connectivity index (χ2v) is 3.69. The van der Waals surface area contributed by atoms with Gasteiger partial charge in [0.2, 0.25) is 0 Å². The van der Waals surface area contributed by atoms with Gasteiger partial charge in [0.1, 0.15) is 0 Å². The van der Waals surface area contributed by atoms with Crippen molar-refractivity contribution in [1.82, 2.24) is 0 Å². The second-order valence-electron chi connectivity index (χ2n) is 0.984. The number of nitrogens with two attached hydrogens (primary N) is 1. The van der Waals surface area contributed by atoms with E-state index in [0.717, 1.165) is 0 Å². The van der Waals surface area contributed by atoms with Crippen LogP contribution in [0.25, 0.3) is 0 Å². The highest BCUT2D eigenvalue weighted by atomic mass is 33.1. The van der Waals surface area contributed by atoms with Gasteiger partial charge in [-0.05, 0) is 6.26 Å². The Morgan fingerprint density at radius 1 is 1.86 bits per heavy atom. The first kappa shape index (κ1) is 7.62. The fraction of sp³-hybridized carbons (Fsp3) is 1.00. The van der Waals surface area contributed by atoms with E-state index in [0.29, 0.717) is 0 Å². The van der Waals surface area contributed by atoms with Gasteiger partial charge in [-0.3, -0.25) is 0 Å². The first-order valence-corrected chi connectivity index (χ1v) is 4.49. The third kappa shape index (κ3) is 4.47. The highest BCUT2D eigenvalue weighted by molar-refractivity contribution is 8.76. The van der Waals surface area contributed by atoms with Crippen molar-refractivity contribution >= 4 is 21.6 Å².